The van der Waals surface area contributed by atoms with E-state index in [1.807, 2.05) is 12.1 Å². The number of methoxy groups -OCH3 is 1. The second kappa shape index (κ2) is 15.1. The average Bonchev–Trinajstić information content (AvgIpc) is 3.03. The van der Waals surface area contributed by atoms with E-state index in [2.05, 4.69) is 87.5 Å². The number of piperidine rings is 1. The zero-order valence-electron chi connectivity index (χ0n) is 24.0. The molecule has 9 heteroatoms. The van der Waals surface area contributed by atoms with Crippen molar-refractivity contribution in [3.63, 3.8) is 0 Å². The number of carbonyl (C=O) groups is 3. The van der Waals surface area contributed by atoms with Gasteiger partial charge in [0, 0.05) is 44.2 Å². The van der Waals surface area contributed by atoms with Gasteiger partial charge in [0.05, 0.1) is 13.2 Å². The van der Waals surface area contributed by atoms with E-state index < -0.39 is 11.9 Å². The van der Waals surface area contributed by atoms with Crippen molar-refractivity contribution in [2.75, 3.05) is 46.4 Å². The van der Waals surface area contributed by atoms with Crippen molar-refractivity contribution < 1.29 is 29.3 Å². The molecule has 1 amide bonds. The lowest BCUT2D eigenvalue weighted by Gasteiger charge is -2.41. The highest BCUT2D eigenvalue weighted by Crippen LogP contribution is 2.30. The van der Waals surface area contributed by atoms with Crippen molar-refractivity contribution in [3.8, 4) is 5.75 Å². The molecule has 0 saturated carbocycles. The molecule has 0 aromatic heterocycles. The lowest BCUT2D eigenvalue weighted by Crippen LogP contribution is -2.52. The summed E-state index contributed by atoms with van der Waals surface area (Å²) in [5, 5.41) is 14.8. The van der Waals surface area contributed by atoms with Gasteiger partial charge in [-0.25, -0.2) is 9.59 Å². The number of ether oxygens (including phenoxy) is 1. The standard InChI is InChI=1S/C31H37N3O2.C2H2O4/c1-36-29-15-9-8-14-28(29)24-32-18-16-27(17-19-32)31(35)34-22-20-33(21-23-34)30(25-10-4-2-5-11-25)26-12-6-3-7-13-26;3-1(4)2(5)6/h2-15,27,30H,16-24H2,1H3;(H,3,4)(H,5,6). The van der Waals surface area contributed by atoms with Crippen molar-refractivity contribution in [1.29, 1.82) is 0 Å². The third kappa shape index (κ3) is 8.18. The summed E-state index contributed by atoms with van der Waals surface area (Å²) in [6, 6.07) is 29.9. The van der Waals surface area contributed by atoms with Crippen LogP contribution in [0.3, 0.4) is 0 Å². The molecule has 9 nitrogen and oxygen atoms in total. The molecule has 2 saturated heterocycles. The van der Waals surface area contributed by atoms with Gasteiger partial charge in [0.25, 0.3) is 0 Å². The predicted octanol–water partition coefficient (Wildman–Crippen LogP) is 4.00. The largest absolute Gasteiger partial charge is 0.496 e. The summed E-state index contributed by atoms with van der Waals surface area (Å²) in [5.41, 5.74) is 3.84. The number of para-hydroxylation sites is 1. The minimum atomic E-state index is -1.82. The molecular weight excluding hydrogens is 534 g/mol. The molecule has 3 aromatic rings. The number of hydrogen-bond donors (Lipinski definition) is 2. The van der Waals surface area contributed by atoms with E-state index in [4.69, 9.17) is 24.5 Å². The molecule has 0 atom stereocenters. The van der Waals surface area contributed by atoms with Crippen molar-refractivity contribution in [1.82, 2.24) is 14.7 Å². The van der Waals surface area contributed by atoms with Crippen molar-refractivity contribution in [2.45, 2.75) is 25.4 Å². The first kappa shape index (κ1) is 30.7. The number of carboxylic acid groups (broad SMARTS) is 2. The lowest BCUT2D eigenvalue weighted by atomic mass is 9.94. The van der Waals surface area contributed by atoms with Gasteiger partial charge in [0.2, 0.25) is 5.91 Å². The molecule has 42 heavy (non-hydrogen) atoms. The summed E-state index contributed by atoms with van der Waals surface area (Å²) in [6.45, 7) is 6.19. The van der Waals surface area contributed by atoms with Crippen LogP contribution in [0, 0.1) is 5.92 Å². The third-order valence-corrected chi connectivity index (χ3v) is 7.93. The van der Waals surface area contributed by atoms with Crippen LogP contribution in [0.25, 0.3) is 0 Å². The van der Waals surface area contributed by atoms with Crippen LogP contribution in [-0.2, 0) is 20.9 Å². The number of aliphatic carboxylic acids is 2. The second-order valence-electron chi connectivity index (χ2n) is 10.6. The minimum absolute atomic E-state index is 0.143. The molecule has 2 aliphatic heterocycles. The Bertz CT molecular complexity index is 1250. The van der Waals surface area contributed by atoms with E-state index in [0.29, 0.717) is 5.91 Å². The van der Waals surface area contributed by atoms with Gasteiger partial charge in [-0.05, 0) is 43.1 Å². The first-order valence-electron chi connectivity index (χ1n) is 14.3. The van der Waals surface area contributed by atoms with E-state index in [1.54, 1.807) is 7.11 Å². The summed E-state index contributed by atoms with van der Waals surface area (Å²) >= 11 is 0. The molecule has 0 aliphatic carbocycles. The Hall–Kier alpha value is -4.21. The molecule has 0 unspecified atom stereocenters. The van der Waals surface area contributed by atoms with E-state index >= 15 is 0 Å². The van der Waals surface area contributed by atoms with Crippen molar-refractivity contribution in [2.24, 2.45) is 5.92 Å². The van der Waals surface area contributed by atoms with E-state index in [1.165, 1.54) is 16.7 Å². The molecule has 2 aliphatic rings. The van der Waals surface area contributed by atoms with E-state index in [9.17, 15) is 4.79 Å². The highest BCUT2D eigenvalue weighted by molar-refractivity contribution is 6.27. The number of carbonyl (C=O) groups excluding carboxylic acids is 1. The van der Waals surface area contributed by atoms with Crippen LogP contribution in [0.15, 0.2) is 84.9 Å². The third-order valence-electron chi connectivity index (χ3n) is 7.93. The van der Waals surface area contributed by atoms with E-state index in [-0.39, 0.29) is 12.0 Å². The molecule has 5 rings (SSSR count). The Labute approximate surface area is 246 Å². The fraction of sp³-hybridized carbons (Fsp3) is 0.364. The Morgan fingerprint density at radius 1 is 0.738 bits per heavy atom. The molecule has 222 valence electrons. The summed E-state index contributed by atoms with van der Waals surface area (Å²) in [7, 11) is 1.73. The Balaban J connectivity index is 0.000000612. The summed E-state index contributed by atoms with van der Waals surface area (Å²) in [6.07, 6.45) is 1.87. The van der Waals surface area contributed by atoms with Crippen LogP contribution in [-0.4, -0.2) is 89.1 Å². The van der Waals surface area contributed by atoms with Crippen molar-refractivity contribution >= 4 is 17.8 Å². The number of nitrogens with zero attached hydrogens (tertiary/aromatic N) is 3. The maximum Gasteiger partial charge on any atom is 0.414 e. The van der Waals surface area contributed by atoms with Gasteiger partial charge in [0.15, 0.2) is 0 Å². The molecule has 0 radical (unpaired) electrons. The van der Waals surface area contributed by atoms with Crippen LogP contribution >= 0.6 is 0 Å². The first-order valence-corrected chi connectivity index (χ1v) is 14.3. The maximum absolute atomic E-state index is 13.4. The van der Waals surface area contributed by atoms with Crippen molar-refractivity contribution in [3.05, 3.63) is 102 Å². The molecule has 0 spiro atoms. The average molecular weight is 574 g/mol. The topological polar surface area (TPSA) is 111 Å². The fourth-order valence-electron chi connectivity index (χ4n) is 5.76. The predicted molar refractivity (Wildman–Crippen MR) is 159 cm³/mol. The first-order chi connectivity index (χ1) is 20.4. The number of rotatable bonds is 7. The summed E-state index contributed by atoms with van der Waals surface area (Å²) in [4.78, 5) is 38.7. The second-order valence-corrected chi connectivity index (χ2v) is 10.6. The van der Waals surface area contributed by atoms with Crippen LogP contribution in [0.1, 0.15) is 35.6 Å². The summed E-state index contributed by atoms with van der Waals surface area (Å²) in [5.74, 6) is -2.21. The highest BCUT2D eigenvalue weighted by atomic mass is 16.5. The molecular formula is C33H39N3O6. The number of amides is 1. The van der Waals surface area contributed by atoms with Gasteiger partial charge in [-0.15, -0.1) is 0 Å². The van der Waals surface area contributed by atoms with E-state index in [0.717, 1.165) is 64.4 Å². The van der Waals surface area contributed by atoms with Gasteiger partial charge in [-0.2, -0.15) is 0 Å². The number of carboxylic acids is 2. The molecule has 2 heterocycles. The number of likely N-dealkylation sites (tertiary alicyclic amines) is 1. The SMILES string of the molecule is COc1ccccc1CN1CCC(C(=O)N2CCN(C(c3ccccc3)c3ccccc3)CC2)CC1.O=C(O)C(=O)O. The quantitative estimate of drug-likeness (QED) is 0.408. The smallest absolute Gasteiger partial charge is 0.414 e. The monoisotopic (exact) mass is 573 g/mol. The van der Waals surface area contributed by atoms with Crippen LogP contribution in [0.2, 0.25) is 0 Å². The maximum atomic E-state index is 13.4. The molecule has 2 fully saturated rings. The van der Waals surface area contributed by atoms with Crippen LogP contribution in [0.4, 0.5) is 0 Å². The van der Waals surface area contributed by atoms with Crippen LogP contribution in [0.5, 0.6) is 5.75 Å². The normalized spacial score (nSPS) is 16.4. The zero-order chi connectivity index (χ0) is 29.9. The molecule has 2 N–H and O–H groups in total. The Kier molecular flexibility index (Phi) is 11.1. The van der Waals surface area contributed by atoms with Gasteiger partial charge < -0.3 is 19.8 Å². The minimum Gasteiger partial charge on any atom is -0.496 e. The lowest BCUT2D eigenvalue weighted by molar-refractivity contribution is -0.159. The van der Waals surface area contributed by atoms with Gasteiger partial charge in [-0.1, -0.05) is 78.9 Å². The number of piperazine rings is 1. The Morgan fingerprint density at radius 3 is 1.74 bits per heavy atom. The number of hydrogen-bond acceptors (Lipinski definition) is 6. The molecule has 0 bridgehead atoms. The van der Waals surface area contributed by atoms with Gasteiger partial charge >= 0.3 is 11.9 Å². The Morgan fingerprint density at radius 2 is 1.24 bits per heavy atom. The molecule has 3 aromatic carbocycles. The summed E-state index contributed by atoms with van der Waals surface area (Å²) < 4.78 is 5.52. The van der Waals surface area contributed by atoms with Gasteiger partial charge in [0.1, 0.15) is 5.75 Å². The zero-order valence-corrected chi connectivity index (χ0v) is 24.0. The van der Waals surface area contributed by atoms with Gasteiger partial charge in [-0.3, -0.25) is 14.6 Å². The number of benzene rings is 3. The van der Waals surface area contributed by atoms with Crippen LogP contribution < -0.4 is 4.74 Å². The highest BCUT2D eigenvalue weighted by Gasteiger charge is 2.32. The fourth-order valence-corrected chi connectivity index (χ4v) is 5.76.